The number of carbonyl (C=O) groups is 1. The summed E-state index contributed by atoms with van der Waals surface area (Å²) >= 11 is 0. The molecule has 2 aliphatic rings. The molecule has 0 aromatic carbocycles. The highest BCUT2D eigenvalue weighted by Gasteiger charge is 2.36. The molecule has 5 heteroatoms. The summed E-state index contributed by atoms with van der Waals surface area (Å²) in [6.45, 7) is 2.40. The molecule has 0 saturated carbocycles. The van der Waals surface area contributed by atoms with Crippen molar-refractivity contribution in [2.45, 2.75) is 31.3 Å². The van der Waals surface area contributed by atoms with Gasteiger partial charge in [-0.05, 0) is 37.9 Å². The van der Waals surface area contributed by atoms with E-state index in [4.69, 9.17) is 5.73 Å². The van der Waals surface area contributed by atoms with Crippen molar-refractivity contribution in [1.29, 1.82) is 0 Å². The molecule has 3 N–H and O–H groups in total. The molecule has 0 bridgehead atoms. The van der Waals surface area contributed by atoms with Gasteiger partial charge in [-0.15, -0.1) is 0 Å². The van der Waals surface area contributed by atoms with E-state index in [0.29, 0.717) is 17.8 Å². The molecule has 2 atom stereocenters. The molecule has 1 aromatic rings. The average molecular weight is 246 g/mol. The normalized spacial score (nSPS) is 27.1. The maximum Gasteiger partial charge on any atom is 0.267 e. The number of hydrogen-bond donors (Lipinski definition) is 2. The van der Waals surface area contributed by atoms with Crippen LogP contribution in [0.3, 0.4) is 0 Å². The van der Waals surface area contributed by atoms with Crippen LogP contribution in [0.2, 0.25) is 0 Å². The Labute approximate surface area is 106 Å². The number of anilines is 1. The van der Waals surface area contributed by atoms with Crippen LogP contribution in [-0.2, 0) is 0 Å². The minimum atomic E-state index is -0.479. The van der Waals surface area contributed by atoms with Gasteiger partial charge >= 0.3 is 0 Å². The number of nitrogens with two attached hydrogens (primary N) is 1. The second kappa shape index (κ2) is 4.57. The van der Waals surface area contributed by atoms with Crippen LogP contribution >= 0.6 is 0 Å². The Morgan fingerprint density at radius 1 is 1.44 bits per heavy atom. The fourth-order valence-corrected chi connectivity index (χ4v) is 3.12. The molecule has 3 rings (SSSR count). The summed E-state index contributed by atoms with van der Waals surface area (Å²) in [6.07, 6.45) is 5.36. The fraction of sp³-hybridized carbons (Fsp3) is 0.538. The summed E-state index contributed by atoms with van der Waals surface area (Å²) in [5, 5.41) is 3.52. The average Bonchev–Trinajstić information content (AvgIpc) is 2.94. The second-order valence-electron chi connectivity index (χ2n) is 5.08. The smallest absolute Gasteiger partial charge is 0.267 e. The van der Waals surface area contributed by atoms with Crippen molar-refractivity contribution in [1.82, 2.24) is 9.88 Å². The van der Waals surface area contributed by atoms with Crippen molar-refractivity contribution >= 4 is 11.6 Å². The van der Waals surface area contributed by atoms with Gasteiger partial charge in [0.1, 0.15) is 5.69 Å². The number of hydrogen-bond acceptors (Lipinski definition) is 4. The number of pyridine rings is 1. The lowest BCUT2D eigenvalue weighted by molar-refractivity contribution is 0.0995. The van der Waals surface area contributed by atoms with Gasteiger partial charge in [-0.1, -0.05) is 0 Å². The summed E-state index contributed by atoms with van der Waals surface area (Å²) in [6, 6.07) is 4.76. The molecule has 2 saturated heterocycles. The number of nitrogens with one attached hydrogen (secondary N) is 1. The van der Waals surface area contributed by atoms with Crippen LogP contribution in [-0.4, -0.2) is 41.0 Å². The van der Waals surface area contributed by atoms with E-state index in [1.165, 1.54) is 32.4 Å². The van der Waals surface area contributed by atoms with E-state index in [-0.39, 0.29) is 0 Å². The number of primary amides is 1. The van der Waals surface area contributed by atoms with E-state index in [1.54, 1.807) is 12.3 Å². The van der Waals surface area contributed by atoms with Gasteiger partial charge in [0.2, 0.25) is 0 Å². The Kier molecular flexibility index (Phi) is 2.91. The lowest BCUT2D eigenvalue weighted by Gasteiger charge is -2.22. The fourth-order valence-electron chi connectivity index (χ4n) is 3.12. The van der Waals surface area contributed by atoms with Gasteiger partial charge < -0.3 is 11.1 Å². The Balaban J connectivity index is 1.72. The molecule has 0 aliphatic carbocycles. The van der Waals surface area contributed by atoms with E-state index < -0.39 is 5.91 Å². The van der Waals surface area contributed by atoms with Crippen molar-refractivity contribution in [3.8, 4) is 0 Å². The van der Waals surface area contributed by atoms with Gasteiger partial charge in [-0.25, -0.2) is 0 Å². The molecule has 3 heterocycles. The minimum absolute atomic E-state index is 0.321. The number of fused-ring (bicyclic) bond motifs is 1. The van der Waals surface area contributed by atoms with Crippen molar-refractivity contribution in [3.05, 3.63) is 24.0 Å². The molecule has 2 aliphatic heterocycles. The quantitative estimate of drug-likeness (QED) is 0.828. The Hall–Kier alpha value is -1.62. The zero-order valence-electron chi connectivity index (χ0n) is 10.3. The predicted molar refractivity (Wildman–Crippen MR) is 69.4 cm³/mol. The minimum Gasteiger partial charge on any atom is -0.381 e. The number of rotatable bonds is 3. The van der Waals surface area contributed by atoms with Gasteiger partial charge in [0.05, 0.1) is 0 Å². The molecule has 18 heavy (non-hydrogen) atoms. The maximum absolute atomic E-state index is 11.1. The molecule has 1 aromatic heterocycles. The Morgan fingerprint density at radius 2 is 2.33 bits per heavy atom. The zero-order chi connectivity index (χ0) is 12.5. The van der Waals surface area contributed by atoms with Gasteiger partial charge in [-0.3, -0.25) is 14.7 Å². The van der Waals surface area contributed by atoms with Gasteiger partial charge in [0, 0.05) is 30.5 Å². The van der Waals surface area contributed by atoms with Gasteiger partial charge in [0.15, 0.2) is 0 Å². The molecule has 1 amide bonds. The molecular formula is C13H18N4O. The van der Waals surface area contributed by atoms with E-state index >= 15 is 0 Å². The predicted octanol–water partition coefficient (Wildman–Crippen LogP) is 0.829. The Morgan fingerprint density at radius 3 is 3.17 bits per heavy atom. The van der Waals surface area contributed by atoms with Crippen LogP contribution < -0.4 is 11.1 Å². The second-order valence-corrected chi connectivity index (χ2v) is 5.08. The number of carbonyl (C=O) groups excluding carboxylic acids is 1. The number of nitrogens with zero attached hydrogens (tertiary/aromatic N) is 2. The van der Waals surface area contributed by atoms with E-state index in [9.17, 15) is 4.79 Å². The summed E-state index contributed by atoms with van der Waals surface area (Å²) in [5.41, 5.74) is 6.50. The van der Waals surface area contributed by atoms with Crippen molar-refractivity contribution in [2.24, 2.45) is 5.73 Å². The standard InChI is InChI=1S/C13H18N4O/c14-13(18)11-8-9(3-5-15-11)16-10-4-7-17-6-1-2-12(10)17/h3,5,8,10,12H,1-2,4,6-7H2,(H2,14,18)(H,15,16). The first-order valence-corrected chi connectivity index (χ1v) is 6.50. The number of aromatic nitrogens is 1. The molecule has 2 unspecified atom stereocenters. The molecule has 0 spiro atoms. The van der Waals surface area contributed by atoms with Crippen LogP contribution in [0, 0.1) is 0 Å². The van der Waals surface area contributed by atoms with E-state index in [1.807, 2.05) is 6.07 Å². The molecule has 96 valence electrons. The number of amides is 1. The third kappa shape index (κ3) is 2.06. The third-order valence-electron chi connectivity index (χ3n) is 3.97. The molecular weight excluding hydrogens is 228 g/mol. The van der Waals surface area contributed by atoms with Crippen LogP contribution in [0.1, 0.15) is 29.8 Å². The highest BCUT2D eigenvalue weighted by molar-refractivity contribution is 5.91. The van der Waals surface area contributed by atoms with Crippen LogP contribution in [0.4, 0.5) is 5.69 Å². The summed E-state index contributed by atoms with van der Waals surface area (Å²) in [4.78, 5) is 17.6. The molecule has 2 fully saturated rings. The van der Waals surface area contributed by atoms with Crippen LogP contribution in [0.15, 0.2) is 18.3 Å². The van der Waals surface area contributed by atoms with E-state index in [2.05, 4.69) is 15.2 Å². The van der Waals surface area contributed by atoms with Gasteiger partial charge in [0.25, 0.3) is 5.91 Å². The maximum atomic E-state index is 11.1. The van der Waals surface area contributed by atoms with Crippen molar-refractivity contribution in [3.63, 3.8) is 0 Å². The van der Waals surface area contributed by atoms with Gasteiger partial charge in [-0.2, -0.15) is 0 Å². The third-order valence-corrected chi connectivity index (χ3v) is 3.97. The lowest BCUT2D eigenvalue weighted by Crippen LogP contribution is -2.33. The SMILES string of the molecule is NC(=O)c1cc(NC2CCN3CCCC23)ccn1. The topological polar surface area (TPSA) is 71.2 Å². The van der Waals surface area contributed by atoms with Crippen LogP contribution in [0.25, 0.3) is 0 Å². The summed E-state index contributed by atoms with van der Waals surface area (Å²) in [5.74, 6) is -0.479. The molecule has 5 nitrogen and oxygen atoms in total. The first kappa shape index (κ1) is 11.5. The zero-order valence-corrected chi connectivity index (χ0v) is 10.3. The highest BCUT2D eigenvalue weighted by Crippen LogP contribution is 2.30. The Bertz CT molecular complexity index is 462. The van der Waals surface area contributed by atoms with Crippen molar-refractivity contribution < 1.29 is 4.79 Å². The van der Waals surface area contributed by atoms with Crippen LogP contribution in [0.5, 0.6) is 0 Å². The first-order valence-electron chi connectivity index (χ1n) is 6.50. The van der Waals surface area contributed by atoms with Crippen molar-refractivity contribution in [2.75, 3.05) is 18.4 Å². The highest BCUT2D eigenvalue weighted by atomic mass is 16.1. The monoisotopic (exact) mass is 246 g/mol. The summed E-state index contributed by atoms with van der Waals surface area (Å²) in [7, 11) is 0. The molecule has 0 radical (unpaired) electrons. The van der Waals surface area contributed by atoms with E-state index in [0.717, 1.165) is 5.69 Å². The lowest BCUT2D eigenvalue weighted by atomic mass is 10.1. The summed E-state index contributed by atoms with van der Waals surface area (Å²) < 4.78 is 0. The first-order chi connectivity index (χ1) is 8.74. The largest absolute Gasteiger partial charge is 0.381 e.